The summed E-state index contributed by atoms with van der Waals surface area (Å²) < 4.78 is 5.78. The van der Waals surface area contributed by atoms with E-state index in [9.17, 15) is 9.90 Å². The molecule has 0 radical (unpaired) electrons. The highest BCUT2D eigenvalue weighted by atomic mass is 79.9. The van der Waals surface area contributed by atoms with Crippen molar-refractivity contribution < 1.29 is 14.6 Å². The molecule has 1 atom stereocenters. The normalized spacial score (nSPS) is 11.7. The summed E-state index contributed by atoms with van der Waals surface area (Å²) >= 11 is 3.33. The number of benzene rings is 1. The maximum atomic E-state index is 12.1. The zero-order valence-electron chi connectivity index (χ0n) is 10.9. The number of amides is 1. The molecule has 0 fully saturated rings. The van der Waals surface area contributed by atoms with E-state index in [1.54, 1.807) is 31.4 Å². The molecule has 0 aromatic heterocycles. The van der Waals surface area contributed by atoms with Gasteiger partial charge in [0.05, 0.1) is 25.3 Å². The molecule has 0 aliphatic heterocycles. The van der Waals surface area contributed by atoms with Crippen LogP contribution in [0.3, 0.4) is 0 Å². The first-order chi connectivity index (χ1) is 9.12. The maximum Gasteiger partial charge on any atom is 0.252 e. The molecule has 1 aromatic carbocycles. The molecule has 0 spiro atoms. The number of allylic oxidation sites excluding steroid dienone is 1. The van der Waals surface area contributed by atoms with Gasteiger partial charge in [0.15, 0.2) is 0 Å². The lowest BCUT2D eigenvalue weighted by Gasteiger charge is -2.16. The lowest BCUT2D eigenvalue weighted by molar-refractivity contribution is 0.0912. The van der Waals surface area contributed by atoms with Crippen molar-refractivity contribution in [2.45, 2.75) is 18.9 Å². The molecular formula is C14H18BrNO3. The minimum absolute atomic E-state index is 0.0961. The minimum Gasteiger partial charge on any atom is -0.497 e. The molecule has 1 amide bonds. The van der Waals surface area contributed by atoms with Gasteiger partial charge in [-0.3, -0.25) is 4.79 Å². The van der Waals surface area contributed by atoms with E-state index in [1.165, 1.54) is 0 Å². The summed E-state index contributed by atoms with van der Waals surface area (Å²) in [5.41, 5.74) is 0.483. The van der Waals surface area contributed by atoms with Crippen LogP contribution in [0, 0.1) is 0 Å². The van der Waals surface area contributed by atoms with Crippen LogP contribution in [-0.4, -0.2) is 30.8 Å². The fourth-order valence-electron chi connectivity index (χ4n) is 1.60. The van der Waals surface area contributed by atoms with Crippen LogP contribution in [0.4, 0.5) is 0 Å². The smallest absolute Gasteiger partial charge is 0.252 e. The number of rotatable bonds is 7. The van der Waals surface area contributed by atoms with Gasteiger partial charge in [0.25, 0.3) is 5.91 Å². The van der Waals surface area contributed by atoms with E-state index in [0.29, 0.717) is 22.2 Å². The van der Waals surface area contributed by atoms with E-state index in [2.05, 4.69) is 27.8 Å². The highest BCUT2D eigenvalue weighted by molar-refractivity contribution is 9.10. The van der Waals surface area contributed by atoms with Crippen molar-refractivity contribution in [1.29, 1.82) is 0 Å². The second kappa shape index (κ2) is 7.96. The number of nitrogens with one attached hydrogen (secondary N) is 1. The third-order valence-corrected chi connectivity index (χ3v) is 3.38. The van der Waals surface area contributed by atoms with Crippen LogP contribution in [0.15, 0.2) is 35.3 Å². The number of carbonyl (C=O) groups excluding carboxylic acids is 1. The Morgan fingerprint density at radius 3 is 2.95 bits per heavy atom. The first-order valence-electron chi connectivity index (χ1n) is 5.98. The Kier molecular flexibility index (Phi) is 6.59. The maximum absolute atomic E-state index is 12.1. The Bertz CT molecular complexity index is 448. The summed E-state index contributed by atoms with van der Waals surface area (Å²) in [4.78, 5) is 12.1. The molecule has 1 aromatic rings. The largest absolute Gasteiger partial charge is 0.497 e. The quantitative estimate of drug-likeness (QED) is 0.756. The SMILES string of the molecule is C=CCCC(CO)NC(=O)c1cc(OC)ccc1Br. The molecule has 5 heteroatoms. The zero-order chi connectivity index (χ0) is 14.3. The average molecular weight is 328 g/mol. The molecule has 0 aliphatic carbocycles. The van der Waals surface area contributed by atoms with E-state index in [1.807, 2.05) is 0 Å². The summed E-state index contributed by atoms with van der Waals surface area (Å²) in [5, 5.41) is 12.0. The molecule has 0 bridgehead atoms. The van der Waals surface area contributed by atoms with Crippen molar-refractivity contribution >= 4 is 21.8 Å². The van der Waals surface area contributed by atoms with E-state index < -0.39 is 0 Å². The first-order valence-corrected chi connectivity index (χ1v) is 6.77. The summed E-state index contributed by atoms with van der Waals surface area (Å²) in [6, 6.07) is 4.90. The van der Waals surface area contributed by atoms with Crippen LogP contribution in [0.25, 0.3) is 0 Å². The van der Waals surface area contributed by atoms with Crippen LogP contribution in [0.1, 0.15) is 23.2 Å². The Morgan fingerprint density at radius 1 is 1.63 bits per heavy atom. The van der Waals surface area contributed by atoms with Crippen LogP contribution in [-0.2, 0) is 0 Å². The van der Waals surface area contributed by atoms with E-state index in [4.69, 9.17) is 4.74 Å². The van der Waals surface area contributed by atoms with Gasteiger partial charge in [-0.05, 0) is 47.0 Å². The highest BCUT2D eigenvalue weighted by Gasteiger charge is 2.15. The number of hydrogen-bond donors (Lipinski definition) is 2. The molecule has 104 valence electrons. The Labute approximate surface area is 121 Å². The van der Waals surface area contributed by atoms with Crippen molar-refractivity contribution in [1.82, 2.24) is 5.32 Å². The zero-order valence-corrected chi connectivity index (χ0v) is 12.4. The number of ether oxygens (including phenoxy) is 1. The van der Waals surface area contributed by atoms with Gasteiger partial charge in [0.1, 0.15) is 5.75 Å². The van der Waals surface area contributed by atoms with Gasteiger partial charge >= 0.3 is 0 Å². The molecular weight excluding hydrogens is 310 g/mol. The first kappa shape index (κ1) is 15.7. The molecule has 0 heterocycles. The lowest BCUT2D eigenvalue weighted by Crippen LogP contribution is -2.37. The van der Waals surface area contributed by atoms with E-state index in [-0.39, 0.29) is 18.6 Å². The summed E-state index contributed by atoms with van der Waals surface area (Å²) in [5.74, 6) is 0.369. The minimum atomic E-state index is -0.274. The Balaban J connectivity index is 2.78. The molecule has 2 N–H and O–H groups in total. The molecule has 0 saturated heterocycles. The van der Waals surface area contributed by atoms with E-state index in [0.717, 1.165) is 6.42 Å². The second-order valence-corrected chi connectivity index (χ2v) is 4.92. The van der Waals surface area contributed by atoms with Crippen LogP contribution in [0.5, 0.6) is 5.75 Å². The lowest BCUT2D eigenvalue weighted by atomic mass is 10.1. The predicted molar refractivity (Wildman–Crippen MR) is 78.5 cm³/mol. The fraction of sp³-hybridized carbons (Fsp3) is 0.357. The van der Waals surface area contributed by atoms with Crippen molar-refractivity contribution in [3.63, 3.8) is 0 Å². The van der Waals surface area contributed by atoms with Crippen LogP contribution >= 0.6 is 15.9 Å². The number of aliphatic hydroxyl groups excluding tert-OH is 1. The third kappa shape index (κ3) is 4.69. The number of hydrogen-bond acceptors (Lipinski definition) is 3. The van der Waals surface area contributed by atoms with Gasteiger partial charge in [-0.25, -0.2) is 0 Å². The predicted octanol–water partition coefficient (Wildman–Crippen LogP) is 2.51. The highest BCUT2D eigenvalue weighted by Crippen LogP contribution is 2.22. The molecule has 0 aliphatic rings. The summed E-state index contributed by atoms with van der Waals surface area (Å²) in [6.45, 7) is 3.53. The van der Waals surface area contributed by atoms with Gasteiger partial charge in [0, 0.05) is 4.47 Å². The van der Waals surface area contributed by atoms with Crippen LogP contribution < -0.4 is 10.1 Å². The van der Waals surface area contributed by atoms with Crippen molar-refractivity contribution in [2.75, 3.05) is 13.7 Å². The number of carbonyl (C=O) groups is 1. The average Bonchev–Trinajstić information content (AvgIpc) is 2.43. The topological polar surface area (TPSA) is 58.6 Å². The number of halogens is 1. The molecule has 19 heavy (non-hydrogen) atoms. The molecule has 1 unspecified atom stereocenters. The van der Waals surface area contributed by atoms with Gasteiger partial charge in [-0.2, -0.15) is 0 Å². The standard InChI is InChI=1S/C14H18BrNO3/c1-3-4-5-10(9-17)16-14(18)12-8-11(19-2)6-7-13(12)15/h3,6-8,10,17H,1,4-5,9H2,2H3,(H,16,18). The van der Waals surface area contributed by atoms with Gasteiger partial charge in [0.2, 0.25) is 0 Å². The molecule has 4 nitrogen and oxygen atoms in total. The van der Waals surface area contributed by atoms with Crippen molar-refractivity contribution in [3.8, 4) is 5.75 Å². The Hall–Kier alpha value is -1.33. The van der Waals surface area contributed by atoms with Gasteiger partial charge < -0.3 is 15.2 Å². The van der Waals surface area contributed by atoms with E-state index >= 15 is 0 Å². The monoisotopic (exact) mass is 327 g/mol. The number of aliphatic hydroxyl groups is 1. The Morgan fingerprint density at radius 2 is 2.37 bits per heavy atom. The van der Waals surface area contributed by atoms with Crippen molar-refractivity contribution in [3.05, 3.63) is 40.9 Å². The third-order valence-electron chi connectivity index (χ3n) is 2.69. The van der Waals surface area contributed by atoms with Gasteiger partial charge in [-0.15, -0.1) is 6.58 Å². The fourth-order valence-corrected chi connectivity index (χ4v) is 2.02. The summed E-state index contributed by atoms with van der Waals surface area (Å²) in [7, 11) is 1.55. The molecule has 0 saturated carbocycles. The summed E-state index contributed by atoms with van der Waals surface area (Å²) in [6.07, 6.45) is 3.16. The molecule has 1 rings (SSSR count). The van der Waals surface area contributed by atoms with Crippen molar-refractivity contribution in [2.24, 2.45) is 0 Å². The van der Waals surface area contributed by atoms with Gasteiger partial charge in [-0.1, -0.05) is 6.08 Å². The second-order valence-electron chi connectivity index (χ2n) is 4.06. The number of methoxy groups -OCH3 is 1. The van der Waals surface area contributed by atoms with Crippen LogP contribution in [0.2, 0.25) is 0 Å².